The van der Waals surface area contributed by atoms with Crippen molar-refractivity contribution in [3.63, 3.8) is 0 Å². The van der Waals surface area contributed by atoms with E-state index in [1.165, 1.54) is 0 Å². The van der Waals surface area contributed by atoms with Gasteiger partial charge in [0.2, 0.25) is 11.9 Å². The Bertz CT molecular complexity index is 890. The first-order chi connectivity index (χ1) is 14.1. The fraction of sp³-hybridized carbons (Fsp3) is 0.571. The summed E-state index contributed by atoms with van der Waals surface area (Å²) >= 11 is 0. The van der Waals surface area contributed by atoms with Crippen molar-refractivity contribution in [1.82, 2.24) is 20.2 Å². The highest BCUT2D eigenvalue weighted by atomic mass is 16.5. The molecule has 8 heteroatoms. The molecule has 0 aliphatic carbocycles. The van der Waals surface area contributed by atoms with Gasteiger partial charge in [-0.25, -0.2) is 9.78 Å². The number of fused-ring (bicyclic) bond motifs is 3. The summed E-state index contributed by atoms with van der Waals surface area (Å²) in [6, 6.07) is 6.98. The van der Waals surface area contributed by atoms with Crippen molar-refractivity contribution >= 4 is 28.9 Å². The second-order valence-electron chi connectivity index (χ2n) is 7.90. The number of benzene rings is 1. The molecule has 1 aromatic heterocycles. The summed E-state index contributed by atoms with van der Waals surface area (Å²) in [5.74, 6) is 0.493. The van der Waals surface area contributed by atoms with Gasteiger partial charge in [0, 0.05) is 26.2 Å². The average molecular weight is 399 g/mol. The minimum atomic E-state index is -0.590. The molecule has 4 rings (SSSR count). The lowest BCUT2D eigenvalue weighted by molar-refractivity contribution is -0.124. The van der Waals surface area contributed by atoms with E-state index >= 15 is 0 Å². The van der Waals surface area contributed by atoms with Crippen molar-refractivity contribution in [2.75, 3.05) is 24.6 Å². The molecule has 0 unspecified atom stereocenters. The molecule has 29 heavy (non-hydrogen) atoms. The minimum Gasteiger partial charge on any atom is -0.376 e. The molecule has 1 fully saturated rings. The number of para-hydroxylation sites is 2. The Labute approximate surface area is 170 Å². The van der Waals surface area contributed by atoms with Gasteiger partial charge in [0.05, 0.1) is 17.1 Å². The summed E-state index contributed by atoms with van der Waals surface area (Å²) in [5, 5.41) is 5.91. The summed E-state index contributed by atoms with van der Waals surface area (Å²) in [7, 11) is 0. The van der Waals surface area contributed by atoms with Crippen molar-refractivity contribution < 1.29 is 14.3 Å². The molecule has 2 aliphatic heterocycles. The first-order valence-electron chi connectivity index (χ1n) is 10.5. The van der Waals surface area contributed by atoms with Crippen LogP contribution in [-0.2, 0) is 16.1 Å². The molecule has 1 aromatic carbocycles. The second-order valence-corrected chi connectivity index (χ2v) is 7.90. The minimum absolute atomic E-state index is 0.0184. The fourth-order valence-electron chi connectivity index (χ4n) is 4.02. The Kier molecular flexibility index (Phi) is 5.71. The van der Waals surface area contributed by atoms with Gasteiger partial charge >= 0.3 is 6.03 Å². The van der Waals surface area contributed by atoms with Crippen molar-refractivity contribution in [3.05, 3.63) is 24.3 Å². The lowest BCUT2D eigenvalue weighted by Crippen LogP contribution is -2.54. The Balaban J connectivity index is 1.45. The molecule has 2 N–H and O–H groups in total. The molecule has 0 bridgehead atoms. The highest BCUT2D eigenvalue weighted by Gasteiger charge is 2.33. The van der Waals surface area contributed by atoms with Gasteiger partial charge in [-0.3, -0.25) is 9.69 Å². The van der Waals surface area contributed by atoms with Gasteiger partial charge in [0.1, 0.15) is 6.04 Å². The van der Waals surface area contributed by atoms with Crippen LogP contribution in [0.25, 0.3) is 11.0 Å². The van der Waals surface area contributed by atoms with Gasteiger partial charge in [-0.1, -0.05) is 32.4 Å². The Morgan fingerprint density at radius 2 is 2.14 bits per heavy atom. The van der Waals surface area contributed by atoms with Gasteiger partial charge in [0.15, 0.2) is 0 Å². The number of aromatic nitrogens is 2. The number of carbonyl (C=O) groups excluding carboxylic acids is 2. The molecular weight excluding hydrogens is 370 g/mol. The van der Waals surface area contributed by atoms with Crippen LogP contribution in [0.3, 0.4) is 0 Å². The van der Waals surface area contributed by atoms with Gasteiger partial charge in [-0.2, -0.15) is 0 Å². The van der Waals surface area contributed by atoms with E-state index in [1.807, 2.05) is 42.7 Å². The van der Waals surface area contributed by atoms with Crippen LogP contribution in [0.15, 0.2) is 24.3 Å². The van der Waals surface area contributed by atoms with E-state index in [9.17, 15) is 9.59 Å². The molecule has 0 spiro atoms. The summed E-state index contributed by atoms with van der Waals surface area (Å²) in [5.41, 5.74) is 1.89. The highest BCUT2D eigenvalue weighted by molar-refractivity contribution is 5.96. The number of carbonyl (C=O) groups is 2. The Hall–Kier alpha value is -2.61. The van der Waals surface area contributed by atoms with Crippen molar-refractivity contribution in [3.8, 4) is 0 Å². The lowest BCUT2D eigenvalue weighted by Gasteiger charge is -2.26. The molecule has 2 aromatic rings. The smallest absolute Gasteiger partial charge is 0.324 e. The molecule has 0 saturated carbocycles. The van der Waals surface area contributed by atoms with Crippen molar-refractivity contribution in [2.24, 2.45) is 5.92 Å². The summed E-state index contributed by atoms with van der Waals surface area (Å²) in [6.07, 6.45) is 2.86. The second kappa shape index (κ2) is 8.41. The first kappa shape index (κ1) is 19.7. The number of imidazole rings is 1. The number of rotatable bonds is 6. The maximum absolute atomic E-state index is 13.0. The standard InChI is InChI=1S/C21H29N5O3/c1-3-14(2)18(19(27)22-13-15-7-6-12-29-15)24-21(28)26-11-10-25-17-9-5-4-8-16(17)23-20(25)26/h4-5,8-9,14-15,18H,3,6-7,10-13H2,1-2H3,(H,22,27)(H,24,28)/t14-,15+,18+/m1/s1. The SMILES string of the molecule is CC[C@@H](C)[C@H](NC(=O)N1CCn2c1nc1ccccc12)C(=O)NC[C@@H]1CCCO1. The van der Waals surface area contributed by atoms with Crippen LogP contribution >= 0.6 is 0 Å². The Morgan fingerprint density at radius 1 is 1.31 bits per heavy atom. The lowest BCUT2D eigenvalue weighted by atomic mass is 9.98. The van der Waals surface area contributed by atoms with E-state index in [-0.39, 0.29) is 24.0 Å². The number of hydrogen-bond acceptors (Lipinski definition) is 4. The number of ether oxygens (including phenoxy) is 1. The van der Waals surface area contributed by atoms with Crippen LogP contribution in [0.1, 0.15) is 33.1 Å². The van der Waals surface area contributed by atoms with Crippen LogP contribution in [0, 0.1) is 5.92 Å². The topological polar surface area (TPSA) is 88.5 Å². The summed E-state index contributed by atoms with van der Waals surface area (Å²) in [4.78, 5) is 32.1. The number of urea groups is 1. The van der Waals surface area contributed by atoms with Gasteiger partial charge in [0.25, 0.3) is 0 Å². The zero-order valence-corrected chi connectivity index (χ0v) is 17.1. The van der Waals surface area contributed by atoms with Crippen LogP contribution in [0.2, 0.25) is 0 Å². The number of nitrogens with one attached hydrogen (secondary N) is 2. The maximum atomic E-state index is 13.0. The van der Waals surface area contributed by atoms with Crippen LogP contribution in [0.4, 0.5) is 10.7 Å². The molecular formula is C21H29N5O3. The van der Waals surface area contributed by atoms with Crippen molar-refractivity contribution in [2.45, 2.75) is 51.8 Å². The van der Waals surface area contributed by atoms with E-state index in [0.717, 1.165) is 36.9 Å². The van der Waals surface area contributed by atoms with Crippen LogP contribution in [-0.4, -0.2) is 53.3 Å². The third-order valence-electron chi connectivity index (χ3n) is 5.97. The zero-order chi connectivity index (χ0) is 20.4. The van der Waals surface area contributed by atoms with Gasteiger partial charge in [-0.15, -0.1) is 0 Å². The van der Waals surface area contributed by atoms with E-state index in [2.05, 4.69) is 15.6 Å². The molecule has 156 valence electrons. The largest absolute Gasteiger partial charge is 0.376 e. The molecule has 3 atom stereocenters. The first-order valence-corrected chi connectivity index (χ1v) is 10.5. The highest BCUT2D eigenvalue weighted by Crippen LogP contribution is 2.27. The number of hydrogen-bond donors (Lipinski definition) is 2. The molecule has 2 aliphatic rings. The quantitative estimate of drug-likeness (QED) is 0.780. The fourth-order valence-corrected chi connectivity index (χ4v) is 4.02. The molecule has 1 saturated heterocycles. The summed E-state index contributed by atoms with van der Waals surface area (Å²) in [6.45, 7) is 6.48. The molecule has 3 heterocycles. The third-order valence-corrected chi connectivity index (χ3v) is 5.97. The van der Waals surface area contributed by atoms with E-state index in [1.54, 1.807) is 4.90 Å². The molecule has 8 nitrogen and oxygen atoms in total. The van der Waals surface area contributed by atoms with Gasteiger partial charge in [-0.05, 0) is 30.9 Å². The third kappa shape index (κ3) is 3.94. The predicted octanol–water partition coefficient (Wildman–Crippen LogP) is 2.28. The van der Waals surface area contributed by atoms with Crippen LogP contribution < -0.4 is 15.5 Å². The summed E-state index contributed by atoms with van der Waals surface area (Å²) < 4.78 is 7.63. The normalized spacial score (nSPS) is 20.5. The van der Waals surface area contributed by atoms with E-state index < -0.39 is 6.04 Å². The molecule has 0 radical (unpaired) electrons. The van der Waals surface area contributed by atoms with E-state index in [4.69, 9.17) is 4.74 Å². The zero-order valence-electron chi connectivity index (χ0n) is 17.1. The van der Waals surface area contributed by atoms with Crippen LogP contribution in [0.5, 0.6) is 0 Å². The average Bonchev–Trinajstić information content (AvgIpc) is 3.46. The predicted molar refractivity (Wildman–Crippen MR) is 111 cm³/mol. The van der Waals surface area contributed by atoms with Crippen molar-refractivity contribution in [1.29, 1.82) is 0 Å². The molecule has 3 amide bonds. The maximum Gasteiger partial charge on any atom is 0.324 e. The monoisotopic (exact) mass is 399 g/mol. The number of anilines is 1. The number of amides is 3. The number of nitrogens with zero attached hydrogens (tertiary/aromatic N) is 3. The Morgan fingerprint density at radius 3 is 2.90 bits per heavy atom. The van der Waals surface area contributed by atoms with E-state index in [0.29, 0.717) is 25.6 Å². The van der Waals surface area contributed by atoms with Gasteiger partial charge < -0.3 is 19.9 Å².